The van der Waals surface area contributed by atoms with E-state index in [4.69, 9.17) is 18.9 Å². The number of methoxy groups -OCH3 is 2. The zero-order valence-corrected chi connectivity index (χ0v) is 24.2. The molecule has 2 aliphatic rings. The summed E-state index contributed by atoms with van der Waals surface area (Å²) in [6, 6.07) is 11.0. The van der Waals surface area contributed by atoms with Crippen LogP contribution in [0, 0.1) is 5.92 Å². The Morgan fingerprint density at radius 1 is 1.07 bits per heavy atom. The quantitative estimate of drug-likeness (QED) is 0.332. The molecule has 0 radical (unpaired) electrons. The number of aliphatic carboxylic acids is 1. The number of hydrogen-bond acceptors (Lipinski definition) is 8. The minimum atomic E-state index is -0.908. The zero-order valence-electron chi connectivity index (χ0n) is 24.2. The summed E-state index contributed by atoms with van der Waals surface area (Å²) in [6.45, 7) is 3.74. The van der Waals surface area contributed by atoms with Crippen LogP contribution < -0.4 is 18.9 Å². The topological polar surface area (TPSA) is 118 Å². The lowest BCUT2D eigenvalue weighted by molar-refractivity contribution is -0.143. The Kier molecular flexibility index (Phi) is 10.7. The first-order valence-electron chi connectivity index (χ1n) is 14.4. The van der Waals surface area contributed by atoms with Gasteiger partial charge in [-0.05, 0) is 55.0 Å². The number of benzene rings is 2. The predicted molar refractivity (Wildman–Crippen MR) is 153 cm³/mol. The standard InChI is InChI=1S/C31H42N2O8/c1-4-5-13-32(14-8-15-34)28(35)19-33-18-23(22-16-26(39-3)30-27(17-22)40-20-41-30)29(31(36)37)24(33)12-11-21-9-6-7-10-25(21)38-2/h6-7,9-10,16-17,23-24,29,34H,4-5,8,11-15,18-20H2,1-3H3,(H,36,37)/t23-,24+,29?/m1/s1. The highest BCUT2D eigenvalue weighted by Gasteiger charge is 2.47. The van der Waals surface area contributed by atoms with E-state index < -0.39 is 23.8 Å². The first kappa shape index (κ1) is 30.5. The highest BCUT2D eigenvalue weighted by molar-refractivity contribution is 5.79. The smallest absolute Gasteiger partial charge is 0.308 e. The van der Waals surface area contributed by atoms with Crippen LogP contribution in [0.25, 0.3) is 0 Å². The summed E-state index contributed by atoms with van der Waals surface area (Å²) < 4.78 is 22.3. The van der Waals surface area contributed by atoms with E-state index in [1.807, 2.05) is 41.3 Å². The molecular weight excluding hydrogens is 528 g/mol. The van der Waals surface area contributed by atoms with E-state index >= 15 is 0 Å². The largest absolute Gasteiger partial charge is 0.496 e. The zero-order chi connectivity index (χ0) is 29.4. The van der Waals surface area contributed by atoms with Gasteiger partial charge in [0.2, 0.25) is 18.4 Å². The number of aryl methyl sites for hydroxylation is 1. The molecule has 2 aromatic rings. The Morgan fingerprint density at radius 2 is 1.83 bits per heavy atom. The van der Waals surface area contributed by atoms with Gasteiger partial charge in [0.25, 0.3) is 0 Å². The van der Waals surface area contributed by atoms with Crippen molar-refractivity contribution in [2.75, 3.05) is 53.8 Å². The Bertz CT molecular complexity index is 1180. The number of hydrogen-bond donors (Lipinski definition) is 2. The number of rotatable bonds is 15. The average Bonchev–Trinajstić information content (AvgIpc) is 3.60. The fourth-order valence-corrected chi connectivity index (χ4v) is 6.01. The SMILES string of the molecule is CCCCN(CCCO)C(=O)CN1C[C@H](c2cc(OC)c3c(c2)OCO3)C(C(=O)O)[C@@H]1CCc1ccccc1OC. The molecule has 1 saturated heterocycles. The monoisotopic (exact) mass is 570 g/mol. The summed E-state index contributed by atoms with van der Waals surface area (Å²) in [5.74, 6) is 0.171. The van der Waals surface area contributed by atoms with Crippen molar-refractivity contribution >= 4 is 11.9 Å². The lowest BCUT2D eigenvalue weighted by Gasteiger charge is -2.30. The summed E-state index contributed by atoms with van der Waals surface area (Å²) in [4.78, 5) is 30.3. The Hall–Kier alpha value is -3.50. The van der Waals surface area contributed by atoms with Crippen LogP contribution in [-0.2, 0) is 16.0 Å². The number of para-hydroxylation sites is 1. The number of nitrogens with zero attached hydrogens (tertiary/aromatic N) is 2. The summed E-state index contributed by atoms with van der Waals surface area (Å²) in [7, 11) is 3.17. The van der Waals surface area contributed by atoms with Gasteiger partial charge >= 0.3 is 5.97 Å². The van der Waals surface area contributed by atoms with Crippen LogP contribution in [0.1, 0.15) is 49.7 Å². The lowest BCUT2D eigenvalue weighted by atomic mass is 9.83. The summed E-state index contributed by atoms with van der Waals surface area (Å²) >= 11 is 0. The van der Waals surface area contributed by atoms with Crippen LogP contribution in [-0.4, -0.2) is 91.7 Å². The van der Waals surface area contributed by atoms with E-state index in [1.54, 1.807) is 19.1 Å². The molecule has 1 unspecified atom stereocenters. The Labute approximate surface area is 241 Å². The van der Waals surface area contributed by atoms with E-state index in [1.165, 1.54) is 0 Å². The van der Waals surface area contributed by atoms with Crippen LogP contribution in [0.2, 0.25) is 0 Å². The maximum Gasteiger partial charge on any atom is 0.308 e. The minimum absolute atomic E-state index is 0.0102. The van der Waals surface area contributed by atoms with Crippen LogP contribution in [0.15, 0.2) is 36.4 Å². The molecule has 2 N–H and O–H groups in total. The molecule has 10 heteroatoms. The van der Waals surface area contributed by atoms with Crippen molar-refractivity contribution in [1.82, 2.24) is 9.80 Å². The van der Waals surface area contributed by atoms with E-state index in [0.717, 1.165) is 29.7 Å². The van der Waals surface area contributed by atoms with E-state index in [2.05, 4.69) is 6.92 Å². The molecular formula is C31H42N2O8. The molecule has 2 aliphatic heterocycles. The van der Waals surface area contributed by atoms with Gasteiger partial charge in [0, 0.05) is 38.2 Å². The number of carbonyl (C=O) groups excluding carboxylic acids is 1. The fraction of sp³-hybridized carbons (Fsp3) is 0.548. The third-order valence-electron chi connectivity index (χ3n) is 8.10. The van der Waals surface area contributed by atoms with Gasteiger partial charge < -0.3 is 34.1 Å². The number of likely N-dealkylation sites (tertiary alicyclic amines) is 1. The van der Waals surface area contributed by atoms with Crippen LogP contribution in [0.3, 0.4) is 0 Å². The number of unbranched alkanes of at least 4 members (excludes halogenated alkanes) is 1. The van der Waals surface area contributed by atoms with Crippen molar-refractivity contribution in [3.8, 4) is 23.0 Å². The van der Waals surface area contributed by atoms with Gasteiger partial charge in [-0.1, -0.05) is 31.5 Å². The third kappa shape index (κ3) is 7.05. The predicted octanol–water partition coefficient (Wildman–Crippen LogP) is 3.55. The number of amides is 1. The number of carboxylic acids is 1. The summed E-state index contributed by atoms with van der Waals surface area (Å²) in [5, 5.41) is 19.9. The highest BCUT2D eigenvalue weighted by atomic mass is 16.7. The lowest BCUT2D eigenvalue weighted by Crippen LogP contribution is -2.45. The van der Waals surface area contributed by atoms with Crippen molar-refractivity contribution in [3.63, 3.8) is 0 Å². The molecule has 1 amide bonds. The number of aliphatic hydroxyl groups is 1. The average molecular weight is 571 g/mol. The van der Waals surface area contributed by atoms with Crippen molar-refractivity contribution in [2.24, 2.45) is 5.92 Å². The second-order valence-electron chi connectivity index (χ2n) is 10.6. The summed E-state index contributed by atoms with van der Waals surface area (Å²) in [5.41, 5.74) is 1.77. The van der Waals surface area contributed by atoms with Crippen LogP contribution in [0.5, 0.6) is 23.0 Å². The maximum atomic E-state index is 13.6. The second-order valence-corrected chi connectivity index (χ2v) is 10.6. The minimum Gasteiger partial charge on any atom is -0.496 e. The van der Waals surface area contributed by atoms with E-state index in [0.29, 0.717) is 56.1 Å². The van der Waals surface area contributed by atoms with E-state index in [9.17, 15) is 19.8 Å². The Balaban J connectivity index is 1.66. The molecule has 4 rings (SSSR count). The van der Waals surface area contributed by atoms with Gasteiger partial charge in [-0.2, -0.15) is 0 Å². The maximum absolute atomic E-state index is 13.6. The van der Waals surface area contributed by atoms with Crippen LogP contribution in [0.4, 0.5) is 0 Å². The van der Waals surface area contributed by atoms with Crippen molar-refractivity contribution in [2.45, 2.75) is 51.0 Å². The molecule has 10 nitrogen and oxygen atoms in total. The molecule has 1 fully saturated rings. The molecule has 2 heterocycles. The van der Waals surface area contributed by atoms with Gasteiger partial charge in [-0.3, -0.25) is 14.5 Å². The molecule has 0 bridgehead atoms. The second kappa shape index (κ2) is 14.4. The molecule has 0 spiro atoms. The highest BCUT2D eigenvalue weighted by Crippen LogP contribution is 2.47. The van der Waals surface area contributed by atoms with Gasteiger partial charge in [-0.15, -0.1) is 0 Å². The molecule has 41 heavy (non-hydrogen) atoms. The molecule has 224 valence electrons. The number of carbonyl (C=O) groups is 2. The Morgan fingerprint density at radius 3 is 2.54 bits per heavy atom. The first-order valence-corrected chi connectivity index (χ1v) is 14.4. The number of fused-ring (bicyclic) bond motifs is 1. The molecule has 0 saturated carbocycles. The van der Waals surface area contributed by atoms with Crippen molar-refractivity contribution < 1.29 is 38.7 Å². The van der Waals surface area contributed by atoms with Gasteiger partial charge in [0.05, 0.1) is 26.7 Å². The first-order chi connectivity index (χ1) is 19.9. The normalized spacial score (nSPS) is 19.8. The van der Waals surface area contributed by atoms with Crippen molar-refractivity contribution in [3.05, 3.63) is 47.5 Å². The van der Waals surface area contributed by atoms with Crippen LogP contribution >= 0.6 is 0 Å². The molecule has 2 aromatic carbocycles. The van der Waals surface area contributed by atoms with Gasteiger partial charge in [0.1, 0.15) is 5.75 Å². The van der Waals surface area contributed by atoms with Gasteiger partial charge in [0.15, 0.2) is 11.5 Å². The van der Waals surface area contributed by atoms with E-state index in [-0.39, 0.29) is 25.9 Å². The third-order valence-corrected chi connectivity index (χ3v) is 8.10. The number of ether oxygens (including phenoxy) is 4. The summed E-state index contributed by atoms with van der Waals surface area (Å²) in [6.07, 6.45) is 3.46. The molecule has 0 aliphatic carbocycles. The fourth-order valence-electron chi connectivity index (χ4n) is 6.01. The number of aliphatic hydroxyl groups excluding tert-OH is 1. The molecule has 0 aromatic heterocycles. The van der Waals surface area contributed by atoms with Crippen molar-refractivity contribution in [1.29, 1.82) is 0 Å². The molecule has 3 atom stereocenters. The number of carboxylic acid groups (broad SMARTS) is 1. The van der Waals surface area contributed by atoms with Gasteiger partial charge in [-0.25, -0.2) is 0 Å².